The Balaban J connectivity index is 1.75. The molecule has 3 nitrogen and oxygen atoms in total. The van der Waals surface area contributed by atoms with Crippen molar-refractivity contribution in [3.8, 4) is 11.1 Å². The maximum absolute atomic E-state index is 9.42. The molecule has 0 spiro atoms. The predicted octanol–water partition coefficient (Wildman–Crippen LogP) is 3.34. The number of hydrogen-bond donors (Lipinski definition) is 1. The highest BCUT2D eigenvalue weighted by Gasteiger charge is 2.24. The van der Waals surface area contributed by atoms with Crippen LogP contribution in [-0.4, -0.2) is 34.2 Å². The van der Waals surface area contributed by atoms with Crippen molar-refractivity contribution < 1.29 is 5.11 Å². The molecule has 2 aromatic rings. The van der Waals surface area contributed by atoms with Gasteiger partial charge in [0.05, 0.1) is 0 Å². The van der Waals surface area contributed by atoms with Gasteiger partial charge in [-0.25, -0.2) is 0 Å². The van der Waals surface area contributed by atoms with Crippen molar-refractivity contribution in [2.45, 2.75) is 32.4 Å². The highest BCUT2D eigenvalue weighted by molar-refractivity contribution is 5.63. The summed E-state index contributed by atoms with van der Waals surface area (Å²) >= 11 is 0. The SMILES string of the molecule is CC1CCC(CO)CN1Cc1cccc(-c2ccncc2)c1. The molecule has 1 N–H and O–H groups in total. The number of aliphatic hydroxyl groups excluding tert-OH is 1. The Labute approximate surface area is 132 Å². The van der Waals surface area contributed by atoms with E-state index < -0.39 is 0 Å². The van der Waals surface area contributed by atoms with Gasteiger partial charge in [-0.15, -0.1) is 0 Å². The largest absolute Gasteiger partial charge is 0.396 e. The van der Waals surface area contributed by atoms with Crippen molar-refractivity contribution in [1.82, 2.24) is 9.88 Å². The molecule has 1 aliphatic rings. The van der Waals surface area contributed by atoms with E-state index in [1.54, 1.807) is 0 Å². The Morgan fingerprint density at radius 2 is 1.95 bits per heavy atom. The maximum atomic E-state index is 9.42. The van der Waals surface area contributed by atoms with E-state index in [1.165, 1.54) is 23.1 Å². The number of aliphatic hydroxyl groups is 1. The lowest BCUT2D eigenvalue weighted by molar-refractivity contribution is 0.0772. The van der Waals surface area contributed by atoms with E-state index >= 15 is 0 Å². The van der Waals surface area contributed by atoms with Gasteiger partial charge in [0.2, 0.25) is 0 Å². The molecule has 116 valence electrons. The minimum Gasteiger partial charge on any atom is -0.396 e. The van der Waals surface area contributed by atoms with Crippen molar-refractivity contribution in [1.29, 1.82) is 0 Å². The fourth-order valence-electron chi connectivity index (χ4n) is 3.26. The van der Waals surface area contributed by atoms with Crippen LogP contribution in [0.4, 0.5) is 0 Å². The van der Waals surface area contributed by atoms with Gasteiger partial charge in [-0.2, -0.15) is 0 Å². The number of likely N-dealkylation sites (tertiary alicyclic amines) is 1. The third-order valence-electron chi connectivity index (χ3n) is 4.69. The standard InChI is InChI=1S/C19H24N2O/c1-15-5-6-17(14-22)13-21(15)12-16-3-2-4-19(11-16)18-7-9-20-10-8-18/h2-4,7-11,15,17,22H,5-6,12-14H2,1H3. The Hall–Kier alpha value is -1.71. The highest BCUT2D eigenvalue weighted by Crippen LogP contribution is 2.25. The average molecular weight is 296 g/mol. The van der Waals surface area contributed by atoms with Crippen LogP contribution in [0.5, 0.6) is 0 Å². The first-order valence-electron chi connectivity index (χ1n) is 8.10. The van der Waals surface area contributed by atoms with E-state index in [0.717, 1.165) is 19.5 Å². The molecular formula is C19H24N2O. The van der Waals surface area contributed by atoms with Gasteiger partial charge in [-0.05, 0) is 60.6 Å². The van der Waals surface area contributed by atoms with Crippen LogP contribution < -0.4 is 0 Å². The third kappa shape index (κ3) is 3.54. The molecule has 1 fully saturated rings. The summed E-state index contributed by atoms with van der Waals surface area (Å²) in [6.45, 7) is 4.55. The van der Waals surface area contributed by atoms with Crippen LogP contribution in [0.3, 0.4) is 0 Å². The summed E-state index contributed by atoms with van der Waals surface area (Å²) < 4.78 is 0. The summed E-state index contributed by atoms with van der Waals surface area (Å²) in [5, 5.41) is 9.42. The van der Waals surface area contributed by atoms with Crippen LogP contribution in [0.2, 0.25) is 0 Å². The number of benzene rings is 1. The van der Waals surface area contributed by atoms with Gasteiger partial charge in [0.25, 0.3) is 0 Å². The zero-order chi connectivity index (χ0) is 15.4. The molecule has 1 saturated heterocycles. The minimum absolute atomic E-state index is 0.306. The van der Waals surface area contributed by atoms with E-state index in [2.05, 4.69) is 41.1 Å². The van der Waals surface area contributed by atoms with Gasteiger partial charge in [0.15, 0.2) is 0 Å². The van der Waals surface area contributed by atoms with Gasteiger partial charge in [-0.3, -0.25) is 9.88 Å². The maximum Gasteiger partial charge on any atom is 0.0471 e. The number of pyridine rings is 1. The van der Waals surface area contributed by atoms with Crippen molar-refractivity contribution in [2.75, 3.05) is 13.2 Å². The summed E-state index contributed by atoms with van der Waals surface area (Å²) in [5.41, 5.74) is 3.78. The summed E-state index contributed by atoms with van der Waals surface area (Å²) in [7, 11) is 0. The van der Waals surface area contributed by atoms with Crippen LogP contribution in [0.1, 0.15) is 25.3 Å². The second kappa shape index (κ2) is 7.03. The second-order valence-electron chi connectivity index (χ2n) is 6.34. The molecule has 0 bridgehead atoms. The Bertz CT molecular complexity index is 599. The molecule has 1 aromatic carbocycles. The Kier molecular flexibility index (Phi) is 4.86. The summed E-state index contributed by atoms with van der Waals surface area (Å²) in [6, 6.07) is 13.4. The molecule has 3 heteroatoms. The molecule has 2 atom stereocenters. The molecule has 0 aliphatic carbocycles. The first kappa shape index (κ1) is 15.2. The van der Waals surface area contributed by atoms with E-state index in [0.29, 0.717) is 18.6 Å². The second-order valence-corrected chi connectivity index (χ2v) is 6.34. The fraction of sp³-hybridized carbons (Fsp3) is 0.421. The quantitative estimate of drug-likeness (QED) is 0.940. The molecule has 0 amide bonds. The number of rotatable bonds is 4. The summed E-state index contributed by atoms with van der Waals surface area (Å²) in [4.78, 5) is 6.58. The van der Waals surface area contributed by atoms with Crippen molar-refractivity contribution in [3.63, 3.8) is 0 Å². The topological polar surface area (TPSA) is 36.4 Å². The van der Waals surface area contributed by atoms with Crippen LogP contribution in [0.15, 0.2) is 48.8 Å². The Morgan fingerprint density at radius 3 is 2.73 bits per heavy atom. The van der Waals surface area contributed by atoms with E-state index in [1.807, 2.05) is 24.5 Å². The molecule has 2 heterocycles. The molecule has 0 radical (unpaired) electrons. The van der Waals surface area contributed by atoms with Crippen molar-refractivity contribution >= 4 is 0 Å². The highest BCUT2D eigenvalue weighted by atomic mass is 16.3. The zero-order valence-electron chi connectivity index (χ0n) is 13.2. The lowest BCUT2D eigenvalue weighted by Crippen LogP contribution is -2.42. The number of aromatic nitrogens is 1. The van der Waals surface area contributed by atoms with Gasteiger partial charge in [0.1, 0.15) is 0 Å². The van der Waals surface area contributed by atoms with Crippen molar-refractivity contribution in [3.05, 3.63) is 54.4 Å². The van der Waals surface area contributed by atoms with Crippen LogP contribution in [-0.2, 0) is 6.54 Å². The normalized spacial score (nSPS) is 22.6. The van der Waals surface area contributed by atoms with Crippen LogP contribution in [0, 0.1) is 5.92 Å². The predicted molar refractivity (Wildman–Crippen MR) is 89.4 cm³/mol. The lowest BCUT2D eigenvalue weighted by Gasteiger charge is -2.37. The zero-order valence-corrected chi connectivity index (χ0v) is 13.2. The molecule has 0 saturated carbocycles. The Morgan fingerprint density at radius 1 is 1.14 bits per heavy atom. The molecular weight excluding hydrogens is 272 g/mol. The number of hydrogen-bond acceptors (Lipinski definition) is 3. The average Bonchev–Trinajstić information content (AvgIpc) is 2.58. The molecule has 3 rings (SSSR count). The molecule has 1 aromatic heterocycles. The number of nitrogens with zero attached hydrogens (tertiary/aromatic N) is 2. The molecule has 22 heavy (non-hydrogen) atoms. The van der Waals surface area contributed by atoms with Crippen molar-refractivity contribution in [2.24, 2.45) is 5.92 Å². The van der Waals surface area contributed by atoms with E-state index in [9.17, 15) is 5.11 Å². The summed E-state index contributed by atoms with van der Waals surface area (Å²) in [6.07, 6.45) is 5.99. The number of piperidine rings is 1. The third-order valence-corrected chi connectivity index (χ3v) is 4.69. The minimum atomic E-state index is 0.306. The van der Waals surface area contributed by atoms with Gasteiger partial charge < -0.3 is 5.11 Å². The molecule has 2 unspecified atom stereocenters. The van der Waals surface area contributed by atoms with Gasteiger partial charge in [-0.1, -0.05) is 18.2 Å². The van der Waals surface area contributed by atoms with E-state index in [4.69, 9.17) is 0 Å². The van der Waals surface area contributed by atoms with Gasteiger partial charge >= 0.3 is 0 Å². The first-order valence-corrected chi connectivity index (χ1v) is 8.10. The summed E-state index contributed by atoms with van der Waals surface area (Å²) in [5.74, 6) is 0.430. The van der Waals surface area contributed by atoms with Gasteiger partial charge in [0, 0.05) is 38.1 Å². The van der Waals surface area contributed by atoms with E-state index in [-0.39, 0.29) is 0 Å². The lowest BCUT2D eigenvalue weighted by atomic mass is 9.93. The van der Waals surface area contributed by atoms with Crippen LogP contribution in [0.25, 0.3) is 11.1 Å². The smallest absolute Gasteiger partial charge is 0.0471 e. The van der Waals surface area contributed by atoms with Crippen LogP contribution >= 0.6 is 0 Å². The molecule has 1 aliphatic heterocycles. The monoisotopic (exact) mass is 296 g/mol. The first-order chi connectivity index (χ1) is 10.8. The fourth-order valence-corrected chi connectivity index (χ4v) is 3.26.